The lowest BCUT2D eigenvalue weighted by Gasteiger charge is -2.05. The Hall–Kier alpha value is 3.14. The zero-order valence-electron chi connectivity index (χ0n) is 16.4. The predicted molar refractivity (Wildman–Crippen MR) is 162 cm³/mol. The van der Waals surface area contributed by atoms with Crippen LogP contribution in [-0.4, -0.2) is 55.4 Å². The number of nitrogens with one attached hydrogen (secondary N) is 2. The first-order valence-corrected chi connectivity index (χ1v) is 22.9. The minimum absolute atomic E-state index is 0.0870. The van der Waals surface area contributed by atoms with Gasteiger partial charge in [-0.1, -0.05) is 143 Å². The molecule has 0 spiro atoms. The second kappa shape index (κ2) is 24.3. The molecule has 0 bridgehead atoms. The fourth-order valence-corrected chi connectivity index (χ4v) is 13.4. The fourth-order valence-electron chi connectivity index (χ4n) is 1.02. The Kier molecular flexibility index (Phi) is 26.9. The van der Waals surface area contributed by atoms with Crippen LogP contribution >= 0.6 is 130 Å². The molecule has 2 rings (SSSR count). The number of hydrogen-bond donors (Lipinski definition) is 2. The van der Waals surface area contributed by atoms with Crippen molar-refractivity contribution in [3.8, 4) is 0 Å². The molecule has 2 N–H and O–H groups in total. The smallest absolute Gasteiger partial charge is 0.230 e. The lowest BCUT2D eigenvalue weighted by molar-refractivity contribution is -0.128. The second-order valence-corrected chi connectivity index (χ2v) is 21.6. The Morgan fingerprint density at radius 3 is 1.34 bits per heavy atom. The summed E-state index contributed by atoms with van der Waals surface area (Å²) in [6.07, 6.45) is 4.10. The molecule has 0 aromatic heterocycles. The molecule has 0 saturated carbocycles. The van der Waals surface area contributed by atoms with Gasteiger partial charge < -0.3 is 10.6 Å². The van der Waals surface area contributed by atoms with Gasteiger partial charge in [0.05, 0.1) is 11.8 Å². The highest BCUT2D eigenvalue weighted by atomic mass is 33.2. The second-order valence-electron chi connectivity index (χ2n) is 4.20. The van der Waals surface area contributed by atoms with Crippen LogP contribution in [0, 0.1) is 0 Å². The topological polar surface area (TPSA) is 58.2 Å². The maximum absolute atomic E-state index is 11.4. The van der Waals surface area contributed by atoms with E-state index in [9.17, 15) is 9.59 Å². The summed E-state index contributed by atoms with van der Waals surface area (Å²) < 4.78 is 1.23. The summed E-state index contributed by atoms with van der Waals surface area (Å²) in [6.45, 7) is 4.31. The van der Waals surface area contributed by atoms with Crippen LogP contribution in [0.1, 0.15) is 20.3 Å². The molecule has 0 aromatic carbocycles. The van der Waals surface area contributed by atoms with Crippen molar-refractivity contribution in [1.82, 2.24) is 10.6 Å². The van der Waals surface area contributed by atoms with Crippen molar-refractivity contribution in [1.29, 1.82) is 0 Å². The standard InChI is InChI=1S/C7H10N2O2S8.2C3H8S2/c10-4(8-2-12-14-6-16-17-6)1-5(11)9-3-13-15-7-18-19-7;2*1-3-5-4-2/h6-7H,1-3H2,(H,8,10)(H,9,11);2*3H2,1-2H3. The Labute approximate surface area is 222 Å². The first-order chi connectivity index (χ1) is 14.1. The van der Waals surface area contributed by atoms with Gasteiger partial charge in [0.25, 0.3) is 0 Å². The largest absolute Gasteiger partial charge is 0.346 e. The van der Waals surface area contributed by atoms with E-state index in [1.165, 1.54) is 11.5 Å². The van der Waals surface area contributed by atoms with E-state index in [1.54, 1.807) is 43.2 Å². The molecule has 0 aromatic rings. The first-order valence-electron chi connectivity index (χ1n) is 8.12. The minimum atomic E-state index is -0.215. The lowest BCUT2D eigenvalue weighted by atomic mass is 10.4. The van der Waals surface area contributed by atoms with E-state index in [-0.39, 0.29) is 18.2 Å². The van der Waals surface area contributed by atoms with Crippen LogP contribution in [0.5, 0.6) is 0 Å². The van der Waals surface area contributed by atoms with Gasteiger partial charge in [-0.3, -0.25) is 9.59 Å². The molecule has 0 radical (unpaired) electrons. The van der Waals surface area contributed by atoms with Gasteiger partial charge in [0.1, 0.15) is 14.2 Å². The summed E-state index contributed by atoms with van der Waals surface area (Å²) in [5.74, 6) is 3.12. The molecule has 2 aliphatic heterocycles. The monoisotopic (exact) mass is 626 g/mol. The number of carbonyl (C=O) groups is 2. The minimum Gasteiger partial charge on any atom is -0.346 e. The molecule has 0 atom stereocenters. The average Bonchev–Trinajstić information content (AvgIpc) is 3.60. The molecule has 2 heterocycles. The van der Waals surface area contributed by atoms with Gasteiger partial charge in [0, 0.05) is 11.5 Å². The van der Waals surface area contributed by atoms with Crippen molar-refractivity contribution in [2.75, 3.05) is 35.8 Å². The summed E-state index contributed by atoms with van der Waals surface area (Å²) >= 11 is 0. The highest BCUT2D eigenvalue weighted by molar-refractivity contribution is 9.02. The fraction of sp³-hybridized carbons (Fsp3) is 0.846. The number of hydrogen-bond acceptors (Lipinski definition) is 14. The molecule has 172 valence electrons. The zero-order valence-corrected chi connectivity index (χ0v) is 26.2. The highest BCUT2D eigenvalue weighted by Gasteiger charge is 2.25. The number of amides is 2. The third-order valence-corrected chi connectivity index (χ3v) is 17.9. The van der Waals surface area contributed by atoms with Crippen molar-refractivity contribution in [3.05, 3.63) is 0 Å². The first kappa shape index (κ1) is 32.1. The molecule has 4 nitrogen and oxygen atoms in total. The van der Waals surface area contributed by atoms with E-state index in [1.807, 2.05) is 86.4 Å². The van der Waals surface area contributed by atoms with Gasteiger partial charge in [0.2, 0.25) is 11.8 Å². The summed E-state index contributed by atoms with van der Waals surface area (Å²) in [6, 6.07) is 0. The molecular weight excluding hydrogens is 601 g/mol. The molecule has 29 heavy (non-hydrogen) atoms. The van der Waals surface area contributed by atoms with Crippen LogP contribution < -0.4 is 10.6 Å². The summed E-state index contributed by atoms with van der Waals surface area (Å²) in [4.78, 5) is 22.9. The molecule has 16 heteroatoms. The molecule has 2 amide bonds. The van der Waals surface area contributed by atoms with Crippen LogP contribution in [0.3, 0.4) is 0 Å². The third kappa shape index (κ3) is 27.3. The van der Waals surface area contributed by atoms with Crippen LogP contribution in [0.15, 0.2) is 0 Å². The van der Waals surface area contributed by atoms with E-state index in [0.29, 0.717) is 19.6 Å². The van der Waals surface area contributed by atoms with Crippen molar-refractivity contribution >= 4 is 141 Å². The van der Waals surface area contributed by atoms with Crippen LogP contribution in [0.4, 0.5) is 0 Å². The normalized spacial score (nSPS) is 14.8. The van der Waals surface area contributed by atoms with Gasteiger partial charge in [-0.2, -0.15) is 0 Å². The van der Waals surface area contributed by atoms with Crippen LogP contribution in [0.25, 0.3) is 0 Å². The lowest BCUT2D eigenvalue weighted by Crippen LogP contribution is -2.31. The predicted octanol–water partition coefficient (Wildman–Crippen LogP) is 7.68. The maximum atomic E-state index is 11.4. The van der Waals surface area contributed by atoms with Crippen molar-refractivity contribution in [3.63, 3.8) is 0 Å². The molecular formula is C13H26N2O2S12. The van der Waals surface area contributed by atoms with E-state index in [0.717, 1.165) is 0 Å². The Morgan fingerprint density at radius 1 is 0.724 bits per heavy atom. The Balaban J connectivity index is 0.000000653. The summed E-state index contributed by atoms with van der Waals surface area (Å²) in [7, 11) is 21.4. The molecule has 0 unspecified atom stereocenters. The Bertz CT molecular complexity index is 375. The molecule has 2 aliphatic rings. The summed E-state index contributed by atoms with van der Waals surface area (Å²) in [5, 5.41) is 5.44. The van der Waals surface area contributed by atoms with E-state index in [4.69, 9.17) is 0 Å². The maximum Gasteiger partial charge on any atom is 0.230 e. The van der Waals surface area contributed by atoms with Gasteiger partial charge >= 0.3 is 0 Å². The Morgan fingerprint density at radius 2 is 1.10 bits per heavy atom. The molecule has 2 fully saturated rings. The van der Waals surface area contributed by atoms with Crippen molar-refractivity contribution in [2.24, 2.45) is 0 Å². The SMILES string of the molecule is CCSSC.CCSSC.O=C(CC(=O)NCSSC1SS1)NCSSC1SS1. The molecule has 2 saturated heterocycles. The van der Waals surface area contributed by atoms with Crippen molar-refractivity contribution < 1.29 is 9.59 Å². The van der Waals surface area contributed by atoms with Gasteiger partial charge in [0.15, 0.2) is 0 Å². The van der Waals surface area contributed by atoms with Gasteiger partial charge in [-0.25, -0.2) is 0 Å². The van der Waals surface area contributed by atoms with E-state index in [2.05, 4.69) is 37.0 Å². The third-order valence-electron chi connectivity index (χ3n) is 2.09. The molecule has 0 aliphatic carbocycles. The van der Waals surface area contributed by atoms with E-state index < -0.39 is 0 Å². The van der Waals surface area contributed by atoms with Gasteiger partial charge in [-0.15, -0.1) is 0 Å². The highest BCUT2D eigenvalue weighted by Crippen LogP contribution is 2.62. The number of carbonyl (C=O) groups excluding carboxylic acids is 2. The number of rotatable bonds is 14. The average molecular weight is 627 g/mol. The van der Waals surface area contributed by atoms with Crippen molar-refractivity contribution in [2.45, 2.75) is 28.1 Å². The summed E-state index contributed by atoms with van der Waals surface area (Å²) in [5.41, 5.74) is 0. The zero-order chi connectivity index (χ0) is 21.7. The van der Waals surface area contributed by atoms with Crippen LogP contribution in [0.2, 0.25) is 0 Å². The quantitative estimate of drug-likeness (QED) is 0.0651. The van der Waals surface area contributed by atoms with Gasteiger partial charge in [-0.05, 0) is 12.5 Å². The van der Waals surface area contributed by atoms with E-state index >= 15 is 0 Å². The van der Waals surface area contributed by atoms with Crippen LogP contribution in [-0.2, 0) is 9.59 Å².